The van der Waals surface area contributed by atoms with E-state index in [4.69, 9.17) is 0 Å². The number of ether oxygens (including phenoxy) is 1. The molecule has 0 atom stereocenters. The van der Waals surface area contributed by atoms with Gasteiger partial charge in [-0.2, -0.15) is 23.7 Å². The van der Waals surface area contributed by atoms with Gasteiger partial charge in [0, 0.05) is 76.0 Å². The van der Waals surface area contributed by atoms with Crippen LogP contribution in [0, 0.1) is 36.5 Å². The number of piperazine rings is 2. The molecule has 10 nitrogen and oxygen atoms in total. The van der Waals surface area contributed by atoms with Crippen molar-refractivity contribution in [2.24, 2.45) is 0 Å². The first-order chi connectivity index (χ1) is 23.5. The average Bonchev–Trinajstić information content (AvgIpc) is 3.51. The van der Waals surface area contributed by atoms with Crippen molar-refractivity contribution in [3.05, 3.63) is 88.1 Å². The Morgan fingerprint density at radius 3 is 2.20 bits per heavy atom. The third-order valence-corrected chi connectivity index (χ3v) is 9.27. The number of para-hydroxylation sites is 1. The number of nitrogens with one attached hydrogen (secondary N) is 1. The lowest BCUT2D eigenvalue weighted by Gasteiger charge is -2.37. The van der Waals surface area contributed by atoms with Gasteiger partial charge in [0.25, 0.3) is 5.91 Å². The highest BCUT2D eigenvalue weighted by Gasteiger charge is 2.42. The fraction of sp³-hybridized carbons (Fsp3) is 0.333. The van der Waals surface area contributed by atoms with Crippen LogP contribution in [0.2, 0.25) is 0 Å². The minimum Gasteiger partial charge on any atom is -0.418 e. The lowest BCUT2D eigenvalue weighted by molar-refractivity contribution is -0.189. The first-order valence-electron chi connectivity index (χ1n) is 15.9. The van der Waals surface area contributed by atoms with E-state index >= 15 is 0 Å². The Morgan fingerprint density at radius 1 is 0.857 bits per heavy atom. The van der Waals surface area contributed by atoms with E-state index in [-0.39, 0.29) is 17.0 Å². The zero-order valence-electron chi connectivity index (χ0n) is 27.1. The average molecular weight is 670 g/mol. The van der Waals surface area contributed by atoms with Crippen LogP contribution in [0.1, 0.15) is 38.2 Å². The summed E-state index contributed by atoms with van der Waals surface area (Å²) in [4.78, 5) is 36.5. The van der Waals surface area contributed by atoms with Crippen molar-refractivity contribution in [2.75, 3.05) is 62.2 Å². The molecule has 1 amide bonds. The van der Waals surface area contributed by atoms with E-state index in [2.05, 4.69) is 38.6 Å². The van der Waals surface area contributed by atoms with Crippen molar-refractivity contribution in [3.63, 3.8) is 0 Å². The predicted molar refractivity (Wildman–Crippen MR) is 177 cm³/mol. The number of aromatic amines is 1. The van der Waals surface area contributed by atoms with Gasteiger partial charge in [-0.05, 0) is 60.9 Å². The summed E-state index contributed by atoms with van der Waals surface area (Å²) in [5, 5.41) is 19.6. The number of aryl methyl sites for hydroxylation is 2. The second-order valence-corrected chi connectivity index (χ2v) is 12.3. The maximum Gasteiger partial charge on any atom is 0.491 e. The van der Waals surface area contributed by atoms with Crippen molar-refractivity contribution in [1.29, 1.82) is 10.5 Å². The largest absolute Gasteiger partial charge is 0.491 e. The third-order valence-electron chi connectivity index (χ3n) is 9.27. The second kappa shape index (κ2) is 13.5. The fourth-order valence-electron chi connectivity index (χ4n) is 6.65. The zero-order chi connectivity index (χ0) is 34.9. The van der Waals surface area contributed by atoms with Crippen molar-refractivity contribution < 1.29 is 27.5 Å². The first kappa shape index (κ1) is 33.4. The SMILES string of the molecule is Cc1cc(C)c(C(=O)N2CCN(c3c(C#N)ccc4c(OC(=O)C(F)(F)F)c[nH]c34)CC2)cc1CN1CCN(c2ccccc2C#N)CC1. The number of hydrogen-bond donors (Lipinski definition) is 1. The molecule has 49 heavy (non-hydrogen) atoms. The number of nitriles is 2. The lowest BCUT2D eigenvalue weighted by atomic mass is 9.98. The van der Waals surface area contributed by atoms with Crippen LogP contribution in [-0.2, 0) is 11.3 Å². The van der Waals surface area contributed by atoms with Gasteiger partial charge in [-0.3, -0.25) is 9.69 Å². The maximum atomic E-state index is 13.9. The Kier molecular flexibility index (Phi) is 9.22. The molecule has 1 aromatic heterocycles. The number of fused-ring (bicyclic) bond motifs is 1. The molecule has 2 saturated heterocycles. The summed E-state index contributed by atoms with van der Waals surface area (Å²) in [6, 6.07) is 19.0. The Morgan fingerprint density at radius 2 is 1.53 bits per heavy atom. The number of carbonyl (C=O) groups excluding carboxylic acids is 2. The van der Waals surface area contributed by atoms with Crippen molar-refractivity contribution in [1.82, 2.24) is 14.8 Å². The van der Waals surface area contributed by atoms with Gasteiger partial charge in [0.15, 0.2) is 5.75 Å². The van der Waals surface area contributed by atoms with Crippen LogP contribution in [-0.4, -0.2) is 85.2 Å². The maximum absolute atomic E-state index is 13.9. The molecule has 252 valence electrons. The molecule has 2 fully saturated rings. The van der Waals surface area contributed by atoms with Crippen molar-refractivity contribution in [3.8, 4) is 17.9 Å². The Bertz CT molecular complexity index is 1990. The highest BCUT2D eigenvalue weighted by Crippen LogP contribution is 2.37. The van der Waals surface area contributed by atoms with Crippen LogP contribution in [0.3, 0.4) is 0 Å². The van der Waals surface area contributed by atoms with Crippen LogP contribution in [0.25, 0.3) is 10.9 Å². The van der Waals surface area contributed by atoms with Crippen LogP contribution in [0.4, 0.5) is 24.5 Å². The molecule has 0 spiro atoms. The molecule has 3 heterocycles. The Balaban J connectivity index is 1.13. The molecule has 0 radical (unpaired) electrons. The quantitative estimate of drug-likeness (QED) is 0.276. The van der Waals surface area contributed by atoms with Gasteiger partial charge in [-0.15, -0.1) is 0 Å². The highest BCUT2D eigenvalue weighted by molar-refractivity contribution is 6.00. The van der Waals surface area contributed by atoms with Gasteiger partial charge in [-0.25, -0.2) is 4.79 Å². The third kappa shape index (κ3) is 6.76. The number of esters is 1. The van der Waals surface area contributed by atoms with E-state index < -0.39 is 12.1 Å². The monoisotopic (exact) mass is 669 g/mol. The molecule has 3 aromatic carbocycles. The van der Waals surface area contributed by atoms with Gasteiger partial charge in [0.1, 0.15) is 12.1 Å². The molecule has 1 N–H and O–H groups in total. The number of H-pyrrole nitrogens is 1. The molecule has 2 aliphatic rings. The molecule has 2 aliphatic heterocycles. The molecule has 0 saturated carbocycles. The highest BCUT2D eigenvalue weighted by atomic mass is 19.4. The molecule has 0 bridgehead atoms. The minimum atomic E-state index is -5.15. The number of benzene rings is 3. The standard InChI is InChI=1S/C36H34F3N7O3/c1-23-17-24(2)29(18-27(23)22-43-9-11-44(12-10-43)30-6-4-3-5-25(30)19-40)34(47)46-15-13-45(14-16-46)33-26(20-41)7-8-28-31(21-42-32(28)33)49-35(48)36(37,38)39/h3-8,17-18,21,42H,9-16,22H2,1-2H3. The smallest absolute Gasteiger partial charge is 0.418 e. The van der Waals surface area contributed by atoms with Gasteiger partial charge >= 0.3 is 12.1 Å². The molecule has 0 unspecified atom stereocenters. The lowest BCUT2D eigenvalue weighted by Crippen LogP contribution is -2.49. The van der Waals surface area contributed by atoms with E-state index in [0.29, 0.717) is 60.6 Å². The van der Waals surface area contributed by atoms with Gasteiger partial charge < -0.3 is 24.4 Å². The van der Waals surface area contributed by atoms with E-state index in [1.54, 1.807) is 4.90 Å². The van der Waals surface area contributed by atoms with Crippen molar-refractivity contribution >= 4 is 34.2 Å². The van der Waals surface area contributed by atoms with Gasteiger partial charge in [0.2, 0.25) is 0 Å². The first-order valence-corrected chi connectivity index (χ1v) is 15.9. The molecular weight excluding hydrogens is 635 g/mol. The molecule has 0 aliphatic carbocycles. The van der Waals surface area contributed by atoms with Crippen LogP contribution >= 0.6 is 0 Å². The summed E-state index contributed by atoms with van der Waals surface area (Å²) < 4.78 is 43.1. The Labute approximate surface area is 281 Å². The number of carbonyl (C=O) groups is 2. The van der Waals surface area contributed by atoms with Gasteiger partial charge in [-0.1, -0.05) is 18.2 Å². The summed E-state index contributed by atoms with van der Waals surface area (Å²) in [6.45, 7) is 9.42. The van der Waals surface area contributed by atoms with Crippen LogP contribution in [0.5, 0.6) is 5.75 Å². The van der Waals surface area contributed by atoms with Gasteiger partial charge in [0.05, 0.1) is 28.0 Å². The number of nitrogens with zero attached hydrogens (tertiary/aromatic N) is 6. The number of alkyl halides is 3. The van der Waals surface area contributed by atoms with E-state index in [0.717, 1.165) is 48.6 Å². The summed E-state index contributed by atoms with van der Waals surface area (Å²) >= 11 is 0. The number of rotatable bonds is 6. The number of hydrogen-bond acceptors (Lipinski definition) is 8. The second-order valence-electron chi connectivity index (χ2n) is 12.3. The van der Waals surface area contributed by atoms with Crippen LogP contribution in [0.15, 0.2) is 54.7 Å². The van der Waals surface area contributed by atoms with E-state index in [1.807, 2.05) is 48.2 Å². The zero-order valence-corrected chi connectivity index (χ0v) is 27.1. The fourth-order valence-corrected chi connectivity index (χ4v) is 6.65. The molecule has 13 heteroatoms. The predicted octanol–water partition coefficient (Wildman–Crippen LogP) is 5.28. The van der Waals surface area contributed by atoms with Crippen molar-refractivity contribution in [2.45, 2.75) is 26.6 Å². The summed E-state index contributed by atoms with van der Waals surface area (Å²) in [7, 11) is 0. The topological polar surface area (TPSA) is 120 Å². The molecule has 4 aromatic rings. The number of aromatic nitrogens is 1. The van der Waals surface area contributed by atoms with Crippen LogP contribution < -0.4 is 14.5 Å². The summed E-state index contributed by atoms with van der Waals surface area (Å²) in [5.74, 6) is -2.70. The van der Waals surface area contributed by atoms with E-state index in [1.165, 1.54) is 18.3 Å². The summed E-state index contributed by atoms with van der Waals surface area (Å²) in [5.41, 5.74) is 6.49. The van der Waals surface area contributed by atoms with E-state index in [9.17, 15) is 33.3 Å². The normalized spacial score (nSPS) is 15.6. The Hall–Kier alpha value is -5.53. The summed E-state index contributed by atoms with van der Waals surface area (Å²) in [6.07, 6.45) is -3.98. The molecular formula is C36H34F3N7O3. The molecule has 6 rings (SSSR count). The number of halogens is 3. The minimum absolute atomic E-state index is 0.0868. The number of amides is 1. The number of anilines is 2.